The number of ether oxygens (including phenoxy) is 2. The van der Waals surface area contributed by atoms with Gasteiger partial charge in [-0.1, -0.05) is 17.3 Å². The van der Waals surface area contributed by atoms with E-state index >= 15 is 0 Å². The fourth-order valence-corrected chi connectivity index (χ4v) is 3.93. The van der Waals surface area contributed by atoms with Crippen LogP contribution in [-0.2, 0) is 11.2 Å². The SMILES string of the molecule is C[C@H]1OCCN(C(=O)Nc2cccc3c2OCCC3)[C@@H]1c1nc(C2CC2)no1. The second-order valence-corrected chi connectivity index (χ2v) is 7.66. The van der Waals surface area contributed by atoms with Gasteiger partial charge in [0.1, 0.15) is 11.8 Å². The van der Waals surface area contributed by atoms with Crippen molar-refractivity contribution in [2.45, 2.75) is 50.7 Å². The van der Waals surface area contributed by atoms with Gasteiger partial charge < -0.3 is 24.2 Å². The van der Waals surface area contributed by atoms with Crippen LogP contribution in [0.1, 0.15) is 55.4 Å². The Balaban J connectivity index is 1.39. The summed E-state index contributed by atoms with van der Waals surface area (Å²) in [6, 6.07) is 5.24. The highest BCUT2D eigenvalue weighted by Crippen LogP contribution is 2.39. The number of aryl methyl sites for hydroxylation is 1. The van der Waals surface area contributed by atoms with Crippen LogP contribution in [0, 0.1) is 0 Å². The van der Waals surface area contributed by atoms with Gasteiger partial charge in [-0.25, -0.2) is 4.79 Å². The molecule has 0 radical (unpaired) electrons. The highest BCUT2D eigenvalue weighted by atomic mass is 16.5. The highest BCUT2D eigenvalue weighted by Gasteiger charge is 2.39. The monoisotopic (exact) mass is 384 g/mol. The summed E-state index contributed by atoms with van der Waals surface area (Å²) in [6.07, 6.45) is 3.92. The molecule has 148 valence electrons. The Morgan fingerprint density at radius 1 is 1.29 bits per heavy atom. The number of fused-ring (bicyclic) bond motifs is 1. The maximum Gasteiger partial charge on any atom is 0.322 e. The molecule has 1 N–H and O–H groups in total. The number of nitrogens with zero attached hydrogens (tertiary/aromatic N) is 3. The van der Waals surface area contributed by atoms with Gasteiger partial charge in [-0.15, -0.1) is 0 Å². The van der Waals surface area contributed by atoms with E-state index in [0.717, 1.165) is 42.8 Å². The number of aromatic nitrogens is 2. The molecule has 2 amide bonds. The van der Waals surface area contributed by atoms with Gasteiger partial charge >= 0.3 is 6.03 Å². The van der Waals surface area contributed by atoms with E-state index in [1.165, 1.54) is 0 Å². The summed E-state index contributed by atoms with van der Waals surface area (Å²) in [6.45, 7) is 3.53. The number of amides is 2. The molecule has 3 aliphatic rings. The van der Waals surface area contributed by atoms with Crippen molar-refractivity contribution in [2.75, 3.05) is 25.1 Å². The number of hydrogen-bond acceptors (Lipinski definition) is 6. The summed E-state index contributed by atoms with van der Waals surface area (Å²) < 4.78 is 17.1. The zero-order valence-corrected chi connectivity index (χ0v) is 15.9. The molecule has 2 aliphatic heterocycles. The van der Waals surface area contributed by atoms with Crippen molar-refractivity contribution in [1.29, 1.82) is 0 Å². The molecule has 1 aliphatic carbocycles. The smallest absolute Gasteiger partial charge is 0.322 e. The lowest BCUT2D eigenvalue weighted by atomic mass is 10.1. The van der Waals surface area contributed by atoms with Crippen molar-refractivity contribution >= 4 is 11.7 Å². The first kappa shape index (κ1) is 17.5. The molecule has 1 saturated heterocycles. The van der Waals surface area contributed by atoms with E-state index in [4.69, 9.17) is 14.0 Å². The minimum atomic E-state index is -0.408. The Kier molecular flexibility index (Phi) is 4.43. The average molecular weight is 384 g/mol. The summed E-state index contributed by atoms with van der Waals surface area (Å²) in [5.41, 5.74) is 1.83. The molecular formula is C20H24N4O4. The Hall–Kier alpha value is -2.61. The standard InChI is InChI=1S/C20H24N4O4/c1-12-16(19-22-18(23-28-19)14-7-8-14)24(9-11-26-12)20(25)21-15-6-2-4-13-5-3-10-27-17(13)15/h2,4,6,12,14,16H,3,5,7-11H2,1H3,(H,21,25)/t12-,16+/m1/s1. The third-order valence-electron chi connectivity index (χ3n) is 5.58. The normalized spacial score (nSPS) is 24.4. The molecule has 3 heterocycles. The molecule has 5 rings (SSSR count). The van der Waals surface area contributed by atoms with Crippen LogP contribution in [0.4, 0.5) is 10.5 Å². The van der Waals surface area contributed by atoms with Crippen LogP contribution in [0.2, 0.25) is 0 Å². The van der Waals surface area contributed by atoms with E-state index in [-0.39, 0.29) is 12.1 Å². The summed E-state index contributed by atoms with van der Waals surface area (Å²) in [5.74, 6) is 2.34. The van der Waals surface area contributed by atoms with Crippen molar-refractivity contribution in [1.82, 2.24) is 15.0 Å². The van der Waals surface area contributed by atoms with E-state index in [9.17, 15) is 4.79 Å². The fraction of sp³-hybridized carbons (Fsp3) is 0.550. The molecule has 0 unspecified atom stereocenters. The Bertz CT molecular complexity index is 879. The van der Waals surface area contributed by atoms with Crippen LogP contribution in [0.25, 0.3) is 0 Å². The largest absolute Gasteiger partial charge is 0.491 e. The molecule has 8 nitrogen and oxygen atoms in total. The number of urea groups is 1. The highest BCUT2D eigenvalue weighted by molar-refractivity contribution is 5.91. The van der Waals surface area contributed by atoms with Gasteiger partial charge in [-0.3, -0.25) is 0 Å². The number of hydrogen-bond donors (Lipinski definition) is 1. The van der Waals surface area contributed by atoms with Gasteiger partial charge in [0.2, 0.25) is 0 Å². The number of anilines is 1. The van der Waals surface area contributed by atoms with E-state index in [1.54, 1.807) is 4.90 Å². The van der Waals surface area contributed by atoms with Gasteiger partial charge in [0.05, 0.1) is 25.0 Å². The Labute approximate surface area is 163 Å². The van der Waals surface area contributed by atoms with Crippen molar-refractivity contribution < 1.29 is 18.8 Å². The van der Waals surface area contributed by atoms with Crippen molar-refractivity contribution in [3.63, 3.8) is 0 Å². The van der Waals surface area contributed by atoms with Crippen LogP contribution < -0.4 is 10.1 Å². The molecule has 1 aromatic carbocycles. The number of carbonyl (C=O) groups excluding carboxylic acids is 1. The number of rotatable bonds is 3. The van der Waals surface area contributed by atoms with E-state index < -0.39 is 6.04 Å². The van der Waals surface area contributed by atoms with E-state index in [2.05, 4.69) is 15.5 Å². The van der Waals surface area contributed by atoms with Gasteiger partial charge in [-0.2, -0.15) is 4.98 Å². The molecule has 2 aromatic rings. The summed E-state index contributed by atoms with van der Waals surface area (Å²) in [4.78, 5) is 19.4. The first-order chi connectivity index (χ1) is 13.7. The fourth-order valence-electron chi connectivity index (χ4n) is 3.93. The molecular weight excluding hydrogens is 360 g/mol. The van der Waals surface area contributed by atoms with Gasteiger partial charge in [0, 0.05) is 12.5 Å². The third kappa shape index (κ3) is 3.22. The summed E-state index contributed by atoms with van der Waals surface area (Å²) in [7, 11) is 0. The second kappa shape index (κ2) is 7.09. The number of para-hydroxylation sites is 1. The molecule has 28 heavy (non-hydrogen) atoms. The Morgan fingerprint density at radius 2 is 2.18 bits per heavy atom. The van der Waals surface area contributed by atoms with Crippen molar-refractivity contribution in [3.05, 3.63) is 35.5 Å². The predicted molar refractivity (Wildman–Crippen MR) is 100 cm³/mol. The second-order valence-electron chi connectivity index (χ2n) is 7.66. The number of nitrogens with one attached hydrogen (secondary N) is 1. The van der Waals surface area contributed by atoms with E-state index in [1.807, 2.05) is 25.1 Å². The minimum absolute atomic E-state index is 0.214. The molecule has 0 spiro atoms. The predicted octanol–water partition coefficient (Wildman–Crippen LogP) is 3.27. The van der Waals surface area contributed by atoms with Crippen LogP contribution in [0.3, 0.4) is 0 Å². The van der Waals surface area contributed by atoms with Crippen LogP contribution in [0.5, 0.6) is 5.75 Å². The van der Waals surface area contributed by atoms with Crippen molar-refractivity contribution in [2.24, 2.45) is 0 Å². The van der Waals surface area contributed by atoms with Crippen molar-refractivity contribution in [3.8, 4) is 5.75 Å². The molecule has 2 atom stereocenters. The van der Waals surface area contributed by atoms with Crippen LogP contribution >= 0.6 is 0 Å². The van der Waals surface area contributed by atoms with Gasteiger partial charge in [-0.05, 0) is 44.2 Å². The van der Waals surface area contributed by atoms with Gasteiger partial charge in [0.15, 0.2) is 5.82 Å². The lowest BCUT2D eigenvalue weighted by molar-refractivity contribution is -0.0525. The van der Waals surface area contributed by atoms with Gasteiger partial charge in [0.25, 0.3) is 5.89 Å². The molecule has 0 bridgehead atoms. The number of morpholine rings is 1. The molecule has 2 fully saturated rings. The molecule has 1 saturated carbocycles. The van der Waals surface area contributed by atoms with Crippen LogP contribution in [-0.4, -0.2) is 46.9 Å². The first-order valence-electron chi connectivity index (χ1n) is 9.98. The summed E-state index contributed by atoms with van der Waals surface area (Å²) >= 11 is 0. The van der Waals surface area contributed by atoms with E-state index in [0.29, 0.717) is 37.3 Å². The topological polar surface area (TPSA) is 89.7 Å². The summed E-state index contributed by atoms with van der Waals surface area (Å²) in [5, 5.41) is 7.12. The Morgan fingerprint density at radius 3 is 3.04 bits per heavy atom. The lowest BCUT2D eigenvalue weighted by Gasteiger charge is -2.37. The number of benzene rings is 1. The zero-order valence-electron chi connectivity index (χ0n) is 15.9. The zero-order chi connectivity index (χ0) is 19.1. The quantitative estimate of drug-likeness (QED) is 0.874. The minimum Gasteiger partial charge on any atom is -0.491 e. The third-order valence-corrected chi connectivity index (χ3v) is 5.58. The molecule has 8 heteroatoms. The van der Waals surface area contributed by atoms with Crippen LogP contribution in [0.15, 0.2) is 22.7 Å². The first-order valence-corrected chi connectivity index (χ1v) is 9.98. The number of carbonyl (C=O) groups is 1. The average Bonchev–Trinajstić information content (AvgIpc) is 3.45. The maximum absolute atomic E-state index is 13.1. The maximum atomic E-state index is 13.1. The molecule has 1 aromatic heterocycles. The lowest BCUT2D eigenvalue weighted by Crippen LogP contribution is -2.49.